The lowest BCUT2D eigenvalue weighted by atomic mass is 9.96. The molecule has 1 amide bonds. The molecule has 1 N–H and O–H groups in total. The predicted molar refractivity (Wildman–Crippen MR) is 106 cm³/mol. The SMILES string of the molecule is CC1(C)CCc2cc(F)cc(n2)C2CCCN2c2ccn3ncc(c3n2)C(=O)N1. The van der Waals surface area contributed by atoms with Crippen LogP contribution < -0.4 is 10.2 Å². The number of nitrogens with zero attached hydrogens (tertiary/aromatic N) is 5. The van der Waals surface area contributed by atoms with Gasteiger partial charge in [-0.25, -0.2) is 13.9 Å². The standard InChI is InChI=1S/C21H23FN6O/c1-21(2)7-5-14-10-13(22)11-16(24-14)17-4-3-8-27(17)18-6-9-28-19(25-18)15(12-23-28)20(29)26-21/h6,9-12,17H,3-5,7-8H2,1-2H3,(H,26,29). The first-order valence-electron chi connectivity index (χ1n) is 9.99. The maximum absolute atomic E-state index is 14.4. The van der Waals surface area contributed by atoms with Crippen LogP contribution in [0.25, 0.3) is 5.65 Å². The van der Waals surface area contributed by atoms with Crippen molar-refractivity contribution in [2.75, 3.05) is 11.4 Å². The van der Waals surface area contributed by atoms with Crippen LogP contribution in [0.1, 0.15) is 60.9 Å². The molecule has 4 bridgehead atoms. The molecule has 2 aliphatic heterocycles. The van der Waals surface area contributed by atoms with Gasteiger partial charge in [0, 0.05) is 24.0 Å². The molecule has 5 rings (SSSR count). The molecule has 1 atom stereocenters. The van der Waals surface area contributed by atoms with Crippen molar-refractivity contribution in [3.63, 3.8) is 0 Å². The van der Waals surface area contributed by atoms with Gasteiger partial charge in [0.2, 0.25) is 0 Å². The number of aryl methyl sites for hydroxylation is 1. The maximum atomic E-state index is 14.4. The number of hydrogen-bond donors (Lipinski definition) is 1. The Balaban J connectivity index is 1.68. The molecular formula is C21H23FN6O. The summed E-state index contributed by atoms with van der Waals surface area (Å²) in [6.07, 6.45) is 6.46. The Hall–Kier alpha value is -3.03. The summed E-state index contributed by atoms with van der Waals surface area (Å²) in [5.41, 5.74) is 1.94. The Bertz CT molecular complexity index is 1110. The minimum Gasteiger partial charge on any atom is -0.348 e. The van der Waals surface area contributed by atoms with Gasteiger partial charge in [0.05, 0.1) is 17.9 Å². The largest absolute Gasteiger partial charge is 0.348 e. The Morgan fingerprint density at radius 1 is 1.28 bits per heavy atom. The zero-order valence-electron chi connectivity index (χ0n) is 16.5. The molecule has 3 aromatic heterocycles. The topological polar surface area (TPSA) is 75.4 Å². The Morgan fingerprint density at radius 2 is 2.14 bits per heavy atom. The third kappa shape index (κ3) is 3.22. The quantitative estimate of drug-likeness (QED) is 0.634. The van der Waals surface area contributed by atoms with E-state index < -0.39 is 5.54 Å². The lowest BCUT2D eigenvalue weighted by Gasteiger charge is -2.28. The zero-order valence-corrected chi connectivity index (χ0v) is 16.5. The number of anilines is 1. The predicted octanol–water partition coefficient (Wildman–Crippen LogP) is 3.06. The number of rotatable bonds is 0. The maximum Gasteiger partial charge on any atom is 0.257 e. The Labute approximate surface area is 168 Å². The summed E-state index contributed by atoms with van der Waals surface area (Å²) >= 11 is 0. The molecule has 0 aromatic carbocycles. The van der Waals surface area contributed by atoms with Crippen LogP contribution in [0.2, 0.25) is 0 Å². The molecule has 2 aliphatic rings. The second kappa shape index (κ2) is 6.50. The molecule has 150 valence electrons. The molecule has 0 aliphatic carbocycles. The number of carbonyl (C=O) groups excluding carboxylic acids is 1. The number of fused-ring (bicyclic) bond motifs is 6. The van der Waals surface area contributed by atoms with Crippen molar-refractivity contribution in [2.24, 2.45) is 0 Å². The number of nitrogens with one attached hydrogen (secondary N) is 1. The minimum absolute atomic E-state index is 0.0319. The van der Waals surface area contributed by atoms with E-state index in [9.17, 15) is 9.18 Å². The summed E-state index contributed by atoms with van der Waals surface area (Å²) in [5, 5.41) is 7.35. The van der Waals surface area contributed by atoms with Crippen LogP contribution in [-0.2, 0) is 6.42 Å². The van der Waals surface area contributed by atoms with Gasteiger partial charge in [0.25, 0.3) is 5.91 Å². The van der Waals surface area contributed by atoms with Crippen molar-refractivity contribution in [3.05, 3.63) is 53.4 Å². The van der Waals surface area contributed by atoms with E-state index in [-0.39, 0.29) is 17.8 Å². The highest BCUT2D eigenvalue weighted by atomic mass is 19.1. The molecular weight excluding hydrogens is 371 g/mol. The van der Waals surface area contributed by atoms with Crippen molar-refractivity contribution in [2.45, 2.75) is 51.1 Å². The van der Waals surface area contributed by atoms with Gasteiger partial charge in [-0.1, -0.05) is 0 Å². The van der Waals surface area contributed by atoms with Crippen LogP contribution in [0.5, 0.6) is 0 Å². The van der Waals surface area contributed by atoms with Crippen LogP contribution in [0.15, 0.2) is 30.6 Å². The van der Waals surface area contributed by atoms with Crippen molar-refractivity contribution >= 4 is 17.4 Å². The number of pyridine rings is 1. The van der Waals surface area contributed by atoms with Gasteiger partial charge in [0.15, 0.2) is 5.65 Å². The minimum atomic E-state index is -0.485. The summed E-state index contributed by atoms with van der Waals surface area (Å²) < 4.78 is 16.0. The third-order valence-corrected chi connectivity index (χ3v) is 5.81. The van der Waals surface area contributed by atoms with Crippen LogP contribution in [0, 0.1) is 5.82 Å². The van der Waals surface area contributed by atoms with Gasteiger partial charge in [-0.3, -0.25) is 9.78 Å². The second-order valence-electron chi connectivity index (χ2n) is 8.50. The van der Waals surface area contributed by atoms with E-state index in [1.165, 1.54) is 12.1 Å². The number of aromatic nitrogens is 4. The highest BCUT2D eigenvalue weighted by Gasteiger charge is 2.31. The summed E-state index contributed by atoms with van der Waals surface area (Å²) in [7, 11) is 0. The van der Waals surface area contributed by atoms with Crippen molar-refractivity contribution in [1.82, 2.24) is 24.9 Å². The van der Waals surface area contributed by atoms with Gasteiger partial charge in [-0.2, -0.15) is 5.10 Å². The van der Waals surface area contributed by atoms with E-state index in [0.717, 1.165) is 30.9 Å². The van der Waals surface area contributed by atoms with Gasteiger partial charge < -0.3 is 10.2 Å². The molecule has 1 saturated heterocycles. The van der Waals surface area contributed by atoms with Gasteiger partial charge >= 0.3 is 0 Å². The number of carbonyl (C=O) groups is 1. The molecule has 5 heterocycles. The summed E-state index contributed by atoms with van der Waals surface area (Å²) in [5.74, 6) is 0.267. The van der Waals surface area contributed by atoms with E-state index in [1.807, 2.05) is 26.1 Å². The van der Waals surface area contributed by atoms with Gasteiger partial charge in [-0.15, -0.1) is 0 Å². The van der Waals surface area contributed by atoms with E-state index >= 15 is 0 Å². The fraction of sp³-hybridized carbons (Fsp3) is 0.429. The summed E-state index contributed by atoms with van der Waals surface area (Å²) in [6, 6.07) is 4.88. The number of halogens is 1. The lowest BCUT2D eigenvalue weighted by molar-refractivity contribution is 0.0910. The van der Waals surface area contributed by atoms with Crippen LogP contribution >= 0.6 is 0 Å². The number of amides is 1. The van der Waals surface area contributed by atoms with Crippen LogP contribution in [-0.4, -0.2) is 37.6 Å². The van der Waals surface area contributed by atoms with Crippen molar-refractivity contribution < 1.29 is 9.18 Å². The molecule has 1 fully saturated rings. The molecule has 0 radical (unpaired) electrons. The molecule has 3 aromatic rings. The normalized spacial score (nSPS) is 21.1. The average Bonchev–Trinajstić information content (AvgIpc) is 3.31. The molecule has 0 saturated carbocycles. The van der Waals surface area contributed by atoms with Gasteiger partial charge in [0.1, 0.15) is 17.2 Å². The fourth-order valence-corrected chi connectivity index (χ4v) is 4.28. The molecule has 8 heteroatoms. The highest BCUT2D eigenvalue weighted by molar-refractivity contribution is 6.00. The average molecular weight is 394 g/mol. The molecule has 7 nitrogen and oxygen atoms in total. The van der Waals surface area contributed by atoms with Crippen LogP contribution in [0.3, 0.4) is 0 Å². The van der Waals surface area contributed by atoms with Crippen molar-refractivity contribution in [1.29, 1.82) is 0 Å². The highest BCUT2D eigenvalue weighted by Crippen LogP contribution is 2.35. The first kappa shape index (κ1) is 18.0. The third-order valence-electron chi connectivity index (χ3n) is 5.81. The van der Waals surface area contributed by atoms with Crippen molar-refractivity contribution in [3.8, 4) is 0 Å². The zero-order chi connectivity index (χ0) is 20.2. The first-order chi connectivity index (χ1) is 13.9. The fourth-order valence-electron chi connectivity index (χ4n) is 4.28. The smallest absolute Gasteiger partial charge is 0.257 e. The van der Waals surface area contributed by atoms with E-state index in [0.29, 0.717) is 29.7 Å². The number of hydrogen-bond acceptors (Lipinski definition) is 5. The molecule has 1 unspecified atom stereocenters. The van der Waals surface area contributed by atoms with Crippen LogP contribution in [0.4, 0.5) is 10.2 Å². The Kier molecular flexibility index (Phi) is 4.04. The lowest BCUT2D eigenvalue weighted by Crippen LogP contribution is -2.43. The van der Waals surface area contributed by atoms with Gasteiger partial charge in [-0.05, 0) is 57.7 Å². The Morgan fingerprint density at radius 3 is 3.00 bits per heavy atom. The van der Waals surface area contributed by atoms with E-state index in [1.54, 1.807) is 10.7 Å². The summed E-state index contributed by atoms with van der Waals surface area (Å²) in [4.78, 5) is 24.6. The molecule has 29 heavy (non-hydrogen) atoms. The first-order valence-corrected chi connectivity index (χ1v) is 9.99. The second-order valence-corrected chi connectivity index (χ2v) is 8.50. The summed E-state index contributed by atoms with van der Waals surface area (Å²) in [6.45, 7) is 4.73. The van der Waals surface area contributed by atoms with E-state index in [2.05, 4.69) is 15.3 Å². The monoisotopic (exact) mass is 394 g/mol. The van der Waals surface area contributed by atoms with E-state index in [4.69, 9.17) is 9.97 Å². The molecule has 0 spiro atoms.